The highest BCUT2D eigenvalue weighted by Crippen LogP contribution is 2.27. The molecule has 21 heavy (non-hydrogen) atoms. The average molecular weight is 310 g/mol. The number of aromatic nitrogens is 2. The van der Waals surface area contributed by atoms with Crippen LogP contribution in [0, 0.1) is 12.7 Å². The van der Waals surface area contributed by atoms with Gasteiger partial charge in [-0.25, -0.2) is 4.39 Å². The van der Waals surface area contributed by atoms with E-state index in [1.165, 1.54) is 12.1 Å². The maximum absolute atomic E-state index is 13.8. The lowest BCUT2D eigenvalue weighted by atomic mass is 10.1. The van der Waals surface area contributed by atoms with Crippen LogP contribution in [0.4, 0.5) is 4.39 Å². The molecule has 1 aromatic carbocycles. The van der Waals surface area contributed by atoms with Crippen LogP contribution in [0.2, 0.25) is 5.02 Å². The number of aryl methyl sites for hydroxylation is 1. The first-order valence-corrected chi connectivity index (χ1v) is 6.97. The van der Waals surface area contributed by atoms with Crippen molar-refractivity contribution in [3.05, 3.63) is 46.3 Å². The summed E-state index contributed by atoms with van der Waals surface area (Å²) in [6, 6.07) is 4.06. The monoisotopic (exact) mass is 309 g/mol. The van der Waals surface area contributed by atoms with Crippen molar-refractivity contribution in [1.29, 1.82) is 0 Å². The molecule has 2 aromatic rings. The first-order valence-electron chi connectivity index (χ1n) is 6.59. The van der Waals surface area contributed by atoms with Crippen molar-refractivity contribution in [2.45, 2.75) is 19.3 Å². The predicted octanol–water partition coefficient (Wildman–Crippen LogP) is 2.80. The molecule has 0 radical (unpaired) electrons. The molecule has 3 rings (SSSR count). The number of carbonyl (C=O) groups is 1. The normalized spacial score (nSPS) is 18.2. The summed E-state index contributed by atoms with van der Waals surface area (Å²) in [5.41, 5.74) is 0.0294. The Labute approximate surface area is 125 Å². The summed E-state index contributed by atoms with van der Waals surface area (Å²) in [5.74, 6) is 0.149. The zero-order chi connectivity index (χ0) is 15.0. The fourth-order valence-corrected chi connectivity index (χ4v) is 2.62. The van der Waals surface area contributed by atoms with Gasteiger partial charge in [0.15, 0.2) is 5.82 Å². The molecule has 0 aliphatic carbocycles. The third-order valence-electron chi connectivity index (χ3n) is 3.53. The van der Waals surface area contributed by atoms with Crippen LogP contribution in [0.25, 0.3) is 0 Å². The van der Waals surface area contributed by atoms with Gasteiger partial charge < -0.3 is 9.42 Å². The van der Waals surface area contributed by atoms with Crippen LogP contribution in [0.1, 0.15) is 34.4 Å². The molecule has 1 amide bonds. The fraction of sp³-hybridized carbons (Fsp3) is 0.357. The van der Waals surface area contributed by atoms with Crippen LogP contribution in [0.5, 0.6) is 0 Å². The highest BCUT2D eigenvalue weighted by Gasteiger charge is 2.32. The molecule has 1 aliphatic rings. The number of rotatable bonds is 2. The average Bonchev–Trinajstić information content (AvgIpc) is 3.06. The number of carbonyl (C=O) groups excluding carboxylic acids is 1. The zero-order valence-corrected chi connectivity index (χ0v) is 12.1. The summed E-state index contributed by atoms with van der Waals surface area (Å²) < 4.78 is 18.9. The van der Waals surface area contributed by atoms with Gasteiger partial charge in [0.2, 0.25) is 5.89 Å². The van der Waals surface area contributed by atoms with Gasteiger partial charge in [0.25, 0.3) is 5.91 Å². The van der Waals surface area contributed by atoms with Gasteiger partial charge in [0, 0.05) is 18.1 Å². The Hall–Kier alpha value is -1.95. The molecule has 7 heteroatoms. The lowest BCUT2D eigenvalue weighted by Crippen LogP contribution is -2.29. The molecule has 1 saturated heterocycles. The number of benzene rings is 1. The molecular weight excluding hydrogens is 297 g/mol. The summed E-state index contributed by atoms with van der Waals surface area (Å²) >= 11 is 5.69. The van der Waals surface area contributed by atoms with Crippen LogP contribution >= 0.6 is 11.6 Å². The molecule has 2 heterocycles. The molecule has 1 unspecified atom stereocenters. The Kier molecular flexibility index (Phi) is 3.63. The lowest BCUT2D eigenvalue weighted by Gasteiger charge is -2.16. The topological polar surface area (TPSA) is 59.2 Å². The van der Waals surface area contributed by atoms with Gasteiger partial charge in [-0.2, -0.15) is 4.98 Å². The van der Waals surface area contributed by atoms with Gasteiger partial charge in [-0.3, -0.25) is 4.79 Å². The van der Waals surface area contributed by atoms with Gasteiger partial charge in [-0.1, -0.05) is 16.8 Å². The molecule has 1 aromatic heterocycles. The molecule has 5 nitrogen and oxygen atoms in total. The number of hydrogen-bond acceptors (Lipinski definition) is 4. The van der Waals surface area contributed by atoms with Crippen molar-refractivity contribution in [2.24, 2.45) is 0 Å². The van der Waals surface area contributed by atoms with Crippen molar-refractivity contribution < 1.29 is 13.7 Å². The molecule has 0 N–H and O–H groups in total. The molecule has 1 atom stereocenters. The third-order valence-corrected chi connectivity index (χ3v) is 3.76. The fourth-order valence-electron chi connectivity index (χ4n) is 2.46. The Bertz CT molecular complexity index is 689. The van der Waals surface area contributed by atoms with Crippen LogP contribution < -0.4 is 0 Å². The SMILES string of the molecule is Cc1noc(C2CCN(C(=O)c3ccc(Cl)cc3F)C2)n1. The first-order chi connectivity index (χ1) is 10.0. The van der Waals surface area contributed by atoms with E-state index in [9.17, 15) is 9.18 Å². The van der Waals surface area contributed by atoms with E-state index in [1.807, 2.05) is 0 Å². The van der Waals surface area contributed by atoms with Crippen LogP contribution in [-0.2, 0) is 0 Å². The van der Waals surface area contributed by atoms with Gasteiger partial charge in [0.05, 0.1) is 11.5 Å². The van der Waals surface area contributed by atoms with Crippen molar-refractivity contribution >= 4 is 17.5 Å². The highest BCUT2D eigenvalue weighted by atomic mass is 35.5. The summed E-state index contributed by atoms with van der Waals surface area (Å²) in [7, 11) is 0. The number of nitrogens with zero attached hydrogens (tertiary/aromatic N) is 3. The van der Waals surface area contributed by atoms with E-state index >= 15 is 0 Å². The molecule has 1 fully saturated rings. The number of hydrogen-bond donors (Lipinski definition) is 0. The zero-order valence-electron chi connectivity index (χ0n) is 11.3. The van der Waals surface area contributed by atoms with Crippen molar-refractivity contribution in [1.82, 2.24) is 15.0 Å². The quantitative estimate of drug-likeness (QED) is 0.856. The predicted molar refractivity (Wildman–Crippen MR) is 73.7 cm³/mol. The second-order valence-corrected chi connectivity index (χ2v) is 5.48. The minimum Gasteiger partial charge on any atom is -0.339 e. The van der Waals surface area contributed by atoms with Crippen LogP contribution in [-0.4, -0.2) is 34.0 Å². The summed E-state index contributed by atoms with van der Waals surface area (Å²) in [6.07, 6.45) is 0.725. The summed E-state index contributed by atoms with van der Waals surface area (Å²) in [5, 5.41) is 4.02. The van der Waals surface area contributed by atoms with Crippen molar-refractivity contribution in [2.75, 3.05) is 13.1 Å². The van der Waals surface area contributed by atoms with Gasteiger partial charge >= 0.3 is 0 Å². The molecule has 110 valence electrons. The Morgan fingerprint density at radius 2 is 2.33 bits per heavy atom. The summed E-state index contributed by atoms with van der Waals surface area (Å²) in [4.78, 5) is 18.1. The minimum absolute atomic E-state index is 0.00510. The second kappa shape index (κ2) is 5.44. The van der Waals surface area contributed by atoms with E-state index in [1.54, 1.807) is 11.8 Å². The number of halogens is 2. The van der Waals surface area contributed by atoms with E-state index in [4.69, 9.17) is 16.1 Å². The van der Waals surface area contributed by atoms with E-state index in [0.29, 0.717) is 24.8 Å². The number of likely N-dealkylation sites (tertiary alicyclic amines) is 1. The van der Waals surface area contributed by atoms with E-state index < -0.39 is 5.82 Å². The van der Waals surface area contributed by atoms with Crippen LogP contribution in [0.15, 0.2) is 22.7 Å². The minimum atomic E-state index is -0.607. The van der Waals surface area contributed by atoms with Gasteiger partial charge in [0.1, 0.15) is 5.82 Å². The van der Waals surface area contributed by atoms with Gasteiger partial charge in [-0.05, 0) is 31.5 Å². The standard InChI is InChI=1S/C14H13ClFN3O2/c1-8-17-13(21-18-8)9-4-5-19(7-9)14(20)11-3-2-10(15)6-12(11)16/h2-3,6,9H,4-5,7H2,1H3. The van der Waals surface area contributed by atoms with E-state index in [2.05, 4.69) is 10.1 Å². The Balaban J connectivity index is 1.75. The molecule has 0 bridgehead atoms. The second-order valence-electron chi connectivity index (χ2n) is 5.04. The lowest BCUT2D eigenvalue weighted by molar-refractivity contribution is 0.0785. The summed E-state index contributed by atoms with van der Waals surface area (Å²) in [6.45, 7) is 2.73. The van der Waals surface area contributed by atoms with Crippen LogP contribution in [0.3, 0.4) is 0 Å². The third kappa shape index (κ3) is 2.76. The molecule has 0 spiro atoms. The molecule has 1 aliphatic heterocycles. The van der Waals surface area contributed by atoms with Gasteiger partial charge in [-0.15, -0.1) is 0 Å². The largest absolute Gasteiger partial charge is 0.339 e. The Morgan fingerprint density at radius 3 is 3.00 bits per heavy atom. The molecular formula is C14H13ClFN3O2. The Morgan fingerprint density at radius 1 is 1.52 bits per heavy atom. The van der Waals surface area contributed by atoms with Crippen molar-refractivity contribution in [3.63, 3.8) is 0 Å². The first kappa shape index (κ1) is 14.0. The van der Waals surface area contributed by atoms with E-state index in [-0.39, 0.29) is 22.4 Å². The van der Waals surface area contributed by atoms with Crippen molar-refractivity contribution in [3.8, 4) is 0 Å². The maximum atomic E-state index is 13.8. The molecule has 0 saturated carbocycles. The number of amides is 1. The smallest absolute Gasteiger partial charge is 0.256 e. The highest BCUT2D eigenvalue weighted by molar-refractivity contribution is 6.30. The van der Waals surface area contributed by atoms with E-state index in [0.717, 1.165) is 12.5 Å². The maximum Gasteiger partial charge on any atom is 0.256 e.